The van der Waals surface area contributed by atoms with Gasteiger partial charge in [0.25, 0.3) is 0 Å². The van der Waals surface area contributed by atoms with Crippen molar-refractivity contribution in [1.82, 2.24) is 19.9 Å². The lowest BCUT2D eigenvalue weighted by Crippen LogP contribution is -1.98. The van der Waals surface area contributed by atoms with Crippen molar-refractivity contribution in [3.8, 4) is 56.4 Å². The first-order valence-electron chi connectivity index (χ1n) is 17.9. The van der Waals surface area contributed by atoms with Crippen LogP contribution in [0.4, 0.5) is 0 Å². The summed E-state index contributed by atoms with van der Waals surface area (Å²) in [5, 5.41) is 2.33. The first kappa shape index (κ1) is 34.4. The van der Waals surface area contributed by atoms with Gasteiger partial charge in [0.05, 0.1) is 22.8 Å². The van der Waals surface area contributed by atoms with Gasteiger partial charge in [-0.05, 0) is 49.7 Å². The predicted octanol–water partition coefficient (Wildman–Crippen LogP) is 13.4. The van der Waals surface area contributed by atoms with Crippen molar-refractivity contribution in [2.45, 2.75) is 34.1 Å². The third kappa shape index (κ3) is 7.09. The van der Waals surface area contributed by atoms with Crippen LogP contribution < -0.4 is 0 Å². The molecule has 254 valence electrons. The molecule has 4 nitrogen and oxygen atoms in total. The number of rotatable bonds is 8. The molecule has 8 aromatic rings. The number of hydrogen-bond acceptors (Lipinski definition) is 5. The summed E-state index contributed by atoms with van der Waals surface area (Å²) in [6, 6.07) is 48.3. The van der Waals surface area contributed by atoms with Gasteiger partial charge in [-0.15, -0.1) is 11.3 Å². The number of aromatic nitrogens is 4. The lowest BCUT2D eigenvalue weighted by molar-refractivity contribution is 1.13. The van der Waals surface area contributed by atoms with Crippen molar-refractivity contribution >= 4 is 37.1 Å². The molecule has 0 unspecified atom stereocenters. The van der Waals surface area contributed by atoms with Gasteiger partial charge in [0.15, 0.2) is 11.6 Å². The molecule has 8 rings (SSSR count). The maximum absolute atomic E-state index is 5.21. The zero-order valence-electron chi connectivity index (χ0n) is 29.9. The van der Waals surface area contributed by atoms with E-state index >= 15 is 0 Å². The van der Waals surface area contributed by atoms with Crippen molar-refractivity contribution in [2.24, 2.45) is 0 Å². The lowest BCUT2D eigenvalue weighted by atomic mass is 10.00. The highest BCUT2D eigenvalue weighted by Gasteiger charge is 2.18. The van der Waals surface area contributed by atoms with E-state index in [0.717, 1.165) is 68.0 Å². The maximum atomic E-state index is 5.21. The van der Waals surface area contributed by atoms with Gasteiger partial charge < -0.3 is 0 Å². The minimum absolute atomic E-state index is 0.694. The van der Waals surface area contributed by atoms with Crippen LogP contribution in [0.15, 0.2) is 158 Å². The molecular weight excluding hydrogens is 653 g/mol. The van der Waals surface area contributed by atoms with Crippen LogP contribution in [0.25, 0.3) is 82.2 Å². The second-order valence-corrected chi connectivity index (χ2v) is 13.2. The van der Waals surface area contributed by atoms with Gasteiger partial charge in [-0.25, -0.2) is 19.9 Å². The van der Waals surface area contributed by atoms with E-state index in [-0.39, 0.29) is 0 Å². The lowest BCUT2D eigenvalue weighted by Gasteiger charge is -2.11. The maximum Gasteiger partial charge on any atom is 0.160 e. The highest BCUT2D eigenvalue weighted by molar-refractivity contribution is 7.26. The van der Waals surface area contributed by atoms with Gasteiger partial charge in [-0.2, -0.15) is 0 Å². The summed E-state index contributed by atoms with van der Waals surface area (Å²) >= 11 is 1.79. The Kier molecular flexibility index (Phi) is 10.5. The van der Waals surface area contributed by atoms with Gasteiger partial charge in [0.2, 0.25) is 0 Å². The first-order chi connectivity index (χ1) is 25.7. The molecule has 3 aromatic heterocycles. The molecule has 5 aromatic carbocycles. The van der Waals surface area contributed by atoms with Gasteiger partial charge in [0.1, 0.15) is 0 Å². The zero-order chi connectivity index (χ0) is 35.9. The highest BCUT2D eigenvalue weighted by Crippen LogP contribution is 2.42. The van der Waals surface area contributed by atoms with E-state index in [9.17, 15) is 0 Å². The molecule has 3 heterocycles. The zero-order valence-corrected chi connectivity index (χ0v) is 30.7. The molecule has 0 saturated carbocycles. The molecule has 52 heavy (non-hydrogen) atoms. The van der Waals surface area contributed by atoms with Crippen LogP contribution in [0, 0.1) is 0 Å². The van der Waals surface area contributed by atoms with E-state index in [4.69, 9.17) is 19.9 Å². The molecule has 5 heteroatoms. The second kappa shape index (κ2) is 15.9. The van der Waals surface area contributed by atoms with Gasteiger partial charge in [-0.1, -0.05) is 142 Å². The standard InChI is InChI=1S/C45H34N4S.C2H6/c1-3-5-16-30(4-2)44-46-39(33-21-13-8-14-22-33)29-40(49-44)35-23-15-24-42-43(35)36-27-34(25-26-41(36)50-42)45-47-37(31-17-9-6-10-18-31)28-38(48-45)32-19-11-7-12-20-32;1-2/h4-29H,3H2,1-2H3;1-2H3/b16-5-,30-4+;. The predicted molar refractivity (Wildman–Crippen MR) is 222 cm³/mol. The normalized spacial score (nSPS) is 11.6. The van der Waals surface area contributed by atoms with Crippen LogP contribution in [0.5, 0.6) is 0 Å². The van der Waals surface area contributed by atoms with Crippen molar-refractivity contribution in [3.05, 3.63) is 164 Å². The third-order valence-electron chi connectivity index (χ3n) is 8.79. The molecule has 0 radical (unpaired) electrons. The Labute approximate surface area is 310 Å². The topological polar surface area (TPSA) is 51.6 Å². The van der Waals surface area contributed by atoms with Crippen LogP contribution in [-0.4, -0.2) is 19.9 Å². The van der Waals surface area contributed by atoms with E-state index in [1.807, 2.05) is 63.2 Å². The number of nitrogens with zero attached hydrogens (tertiary/aromatic N) is 4. The summed E-state index contributed by atoms with van der Waals surface area (Å²) in [6.07, 6.45) is 7.30. The van der Waals surface area contributed by atoms with Gasteiger partial charge in [-0.3, -0.25) is 0 Å². The molecule has 0 N–H and O–H groups in total. The smallest absolute Gasteiger partial charge is 0.160 e. The minimum atomic E-state index is 0.694. The Bertz CT molecular complexity index is 2460. The Balaban J connectivity index is 0.00000207. The summed E-state index contributed by atoms with van der Waals surface area (Å²) < 4.78 is 2.41. The fraction of sp³-hybridized carbons (Fsp3) is 0.106. The largest absolute Gasteiger partial charge is 0.228 e. The average molecular weight is 693 g/mol. The number of thiophene rings is 1. The quantitative estimate of drug-likeness (QED) is 0.149. The van der Waals surface area contributed by atoms with Crippen LogP contribution in [0.2, 0.25) is 0 Å². The third-order valence-corrected chi connectivity index (χ3v) is 9.93. The van der Waals surface area contributed by atoms with Gasteiger partial charge >= 0.3 is 0 Å². The van der Waals surface area contributed by atoms with Gasteiger partial charge in [0, 0.05) is 53.6 Å². The minimum Gasteiger partial charge on any atom is -0.228 e. The first-order valence-corrected chi connectivity index (χ1v) is 18.7. The highest BCUT2D eigenvalue weighted by atomic mass is 32.1. The molecule has 0 saturated heterocycles. The molecule has 0 bridgehead atoms. The van der Waals surface area contributed by atoms with Crippen LogP contribution in [-0.2, 0) is 0 Å². The summed E-state index contributed by atoms with van der Waals surface area (Å²) in [5.41, 5.74) is 9.79. The van der Waals surface area contributed by atoms with E-state index in [2.05, 4.69) is 122 Å². The average Bonchev–Trinajstić information content (AvgIpc) is 3.61. The monoisotopic (exact) mass is 692 g/mol. The number of hydrogen-bond donors (Lipinski definition) is 0. The molecule has 0 aliphatic carbocycles. The molecular formula is C47H40N4S. The van der Waals surface area contributed by atoms with Crippen LogP contribution >= 0.6 is 11.3 Å². The SMILES string of the molecule is C/C=C(\C=C/CC)c1nc(-c2ccccc2)cc(-c2cccc3sc4ccc(-c5nc(-c6ccccc6)cc(-c6ccccc6)n5)cc4c23)n1.CC. The van der Waals surface area contributed by atoms with Crippen molar-refractivity contribution in [3.63, 3.8) is 0 Å². The van der Waals surface area contributed by atoms with Crippen molar-refractivity contribution in [1.29, 1.82) is 0 Å². The Morgan fingerprint density at radius 1 is 0.558 bits per heavy atom. The molecule has 0 aliphatic rings. The number of fused-ring (bicyclic) bond motifs is 3. The molecule has 0 amide bonds. The van der Waals surface area contributed by atoms with Crippen LogP contribution in [0.3, 0.4) is 0 Å². The van der Waals surface area contributed by atoms with E-state index < -0.39 is 0 Å². The Morgan fingerprint density at radius 3 is 1.69 bits per heavy atom. The summed E-state index contributed by atoms with van der Waals surface area (Å²) in [7, 11) is 0. The Morgan fingerprint density at radius 2 is 1.12 bits per heavy atom. The summed E-state index contributed by atoms with van der Waals surface area (Å²) in [5.74, 6) is 1.41. The van der Waals surface area contributed by atoms with E-state index in [0.29, 0.717) is 11.6 Å². The summed E-state index contributed by atoms with van der Waals surface area (Å²) in [6.45, 7) is 8.18. The van der Waals surface area contributed by atoms with Crippen molar-refractivity contribution in [2.75, 3.05) is 0 Å². The molecule has 0 fully saturated rings. The fourth-order valence-electron chi connectivity index (χ4n) is 6.29. The summed E-state index contributed by atoms with van der Waals surface area (Å²) in [4.78, 5) is 20.5. The number of benzene rings is 5. The molecule has 0 aliphatic heterocycles. The fourth-order valence-corrected chi connectivity index (χ4v) is 7.40. The van der Waals surface area contributed by atoms with Crippen LogP contribution in [0.1, 0.15) is 39.9 Å². The molecule has 0 spiro atoms. The van der Waals surface area contributed by atoms with E-state index in [1.165, 1.54) is 14.8 Å². The Hall–Kier alpha value is -6.04. The number of allylic oxidation sites excluding steroid dienone is 4. The second-order valence-electron chi connectivity index (χ2n) is 12.1. The van der Waals surface area contributed by atoms with Crippen molar-refractivity contribution < 1.29 is 0 Å². The van der Waals surface area contributed by atoms with E-state index in [1.54, 1.807) is 11.3 Å². The molecule has 0 atom stereocenters.